The molecule has 2 N–H and O–H groups in total. The molecule has 7 heteroatoms. The fourth-order valence-electron chi connectivity index (χ4n) is 2.88. The van der Waals surface area contributed by atoms with Crippen molar-refractivity contribution in [3.63, 3.8) is 0 Å². The van der Waals surface area contributed by atoms with Crippen LogP contribution in [0.25, 0.3) is 0 Å². The highest BCUT2D eigenvalue weighted by molar-refractivity contribution is 7.90. The average molecular weight is 408 g/mol. The first-order valence-electron chi connectivity index (χ1n) is 8.82. The van der Waals surface area contributed by atoms with Crippen molar-refractivity contribution >= 4 is 27.3 Å². The van der Waals surface area contributed by atoms with Crippen molar-refractivity contribution in [3.05, 3.63) is 95.6 Å². The first kappa shape index (κ1) is 20.3. The molecule has 0 aromatic heterocycles. The maximum atomic E-state index is 12.8. The molecule has 0 bridgehead atoms. The van der Waals surface area contributed by atoms with Gasteiger partial charge in [0.15, 0.2) is 9.84 Å². The number of carbonyl (C=O) groups excluding carboxylic acids is 2. The Labute approximate surface area is 169 Å². The van der Waals surface area contributed by atoms with Crippen molar-refractivity contribution in [1.82, 2.24) is 0 Å². The number of nitrogens with zero attached hydrogens (tertiary/aromatic N) is 1. The van der Waals surface area contributed by atoms with Gasteiger partial charge in [-0.15, -0.1) is 0 Å². The molecule has 0 spiro atoms. The number of nitrogens with two attached hydrogens (primary N) is 1. The van der Waals surface area contributed by atoms with E-state index in [9.17, 15) is 18.0 Å². The van der Waals surface area contributed by atoms with E-state index in [0.29, 0.717) is 22.4 Å². The summed E-state index contributed by atoms with van der Waals surface area (Å²) in [7, 11) is -1.90. The van der Waals surface area contributed by atoms with E-state index in [-0.39, 0.29) is 16.6 Å². The quantitative estimate of drug-likeness (QED) is 0.678. The predicted octanol–water partition coefficient (Wildman–Crippen LogP) is 3.04. The molecule has 3 aromatic carbocycles. The van der Waals surface area contributed by atoms with E-state index in [2.05, 4.69) is 0 Å². The molecule has 0 aliphatic carbocycles. The second-order valence-corrected chi connectivity index (χ2v) is 8.54. The first-order valence-corrected chi connectivity index (χ1v) is 10.5. The minimum Gasteiger partial charge on any atom is -0.366 e. The number of hydrogen-bond acceptors (Lipinski definition) is 4. The Bertz CT molecular complexity index is 1140. The van der Waals surface area contributed by atoms with E-state index in [1.807, 2.05) is 0 Å². The molecule has 2 amide bonds. The van der Waals surface area contributed by atoms with Crippen LogP contribution < -0.4 is 10.6 Å². The van der Waals surface area contributed by atoms with Gasteiger partial charge in [-0.25, -0.2) is 8.42 Å². The van der Waals surface area contributed by atoms with Crippen molar-refractivity contribution in [1.29, 1.82) is 0 Å². The lowest BCUT2D eigenvalue weighted by atomic mass is 10.1. The second kappa shape index (κ2) is 8.28. The summed E-state index contributed by atoms with van der Waals surface area (Å²) in [5.41, 5.74) is 7.06. The van der Waals surface area contributed by atoms with Gasteiger partial charge in [0.2, 0.25) is 5.91 Å². The molecule has 0 fully saturated rings. The van der Waals surface area contributed by atoms with Gasteiger partial charge in [0.1, 0.15) is 0 Å². The van der Waals surface area contributed by atoms with Crippen LogP contribution in [0.5, 0.6) is 0 Å². The van der Waals surface area contributed by atoms with E-state index in [0.717, 1.165) is 0 Å². The minimum absolute atomic E-state index is 0.199. The zero-order valence-electron chi connectivity index (χ0n) is 15.8. The Kier molecular flexibility index (Phi) is 5.79. The molecule has 29 heavy (non-hydrogen) atoms. The average Bonchev–Trinajstić information content (AvgIpc) is 2.73. The molecule has 148 valence electrons. The third kappa shape index (κ3) is 4.70. The van der Waals surface area contributed by atoms with Gasteiger partial charge in [0.05, 0.1) is 10.6 Å². The largest absolute Gasteiger partial charge is 0.366 e. The van der Waals surface area contributed by atoms with Gasteiger partial charge in [-0.1, -0.05) is 30.3 Å². The molecule has 0 unspecified atom stereocenters. The smallest absolute Gasteiger partial charge is 0.258 e. The Balaban J connectivity index is 1.81. The number of amides is 2. The van der Waals surface area contributed by atoms with Crippen molar-refractivity contribution < 1.29 is 18.0 Å². The van der Waals surface area contributed by atoms with Crippen LogP contribution in [0, 0.1) is 0 Å². The molecule has 3 aromatic rings. The van der Waals surface area contributed by atoms with Crippen LogP contribution in [0.3, 0.4) is 0 Å². The summed E-state index contributed by atoms with van der Waals surface area (Å²) in [5.74, 6) is -1.04. The van der Waals surface area contributed by atoms with E-state index in [1.54, 1.807) is 85.9 Å². The number of primary amides is 1. The highest BCUT2D eigenvalue weighted by Crippen LogP contribution is 2.20. The summed E-state index contributed by atoms with van der Waals surface area (Å²) >= 11 is 0. The number of sulfone groups is 1. The zero-order chi connectivity index (χ0) is 21.0. The van der Waals surface area contributed by atoms with Crippen molar-refractivity contribution in [2.45, 2.75) is 10.6 Å². The number of anilines is 1. The minimum atomic E-state index is -3.51. The summed E-state index contributed by atoms with van der Waals surface area (Å²) in [4.78, 5) is 25.7. The Morgan fingerprint density at radius 3 is 2.14 bits per heavy atom. The highest BCUT2D eigenvalue weighted by Gasteiger charge is 2.18. The third-order valence-corrected chi connectivity index (χ3v) is 6.18. The summed E-state index contributed by atoms with van der Waals surface area (Å²) in [6.07, 6.45) is 0. The Hall–Kier alpha value is -3.45. The van der Waals surface area contributed by atoms with Crippen LogP contribution in [0.15, 0.2) is 83.8 Å². The maximum absolute atomic E-state index is 12.8. The van der Waals surface area contributed by atoms with Gasteiger partial charge in [-0.2, -0.15) is 0 Å². The van der Waals surface area contributed by atoms with Gasteiger partial charge < -0.3 is 10.6 Å². The summed E-state index contributed by atoms with van der Waals surface area (Å²) in [6, 6.07) is 21.1. The van der Waals surface area contributed by atoms with E-state index < -0.39 is 15.7 Å². The molecule has 0 aliphatic heterocycles. The third-order valence-electron chi connectivity index (χ3n) is 4.48. The fourth-order valence-corrected chi connectivity index (χ4v) is 4.24. The molecule has 6 nitrogen and oxygen atoms in total. The van der Waals surface area contributed by atoms with Gasteiger partial charge >= 0.3 is 0 Å². The van der Waals surface area contributed by atoms with Crippen LogP contribution >= 0.6 is 0 Å². The number of benzene rings is 3. The molecule has 0 saturated carbocycles. The standard InChI is InChI=1S/C22H20N2O4S/c1-24(19-12-10-17(11-13-19)21(23)25)22(26)18-7-5-6-16(14-18)15-29(27,28)20-8-3-2-4-9-20/h2-14H,15H2,1H3,(H2,23,25). The van der Waals surface area contributed by atoms with Crippen molar-refractivity contribution in [2.75, 3.05) is 11.9 Å². The maximum Gasteiger partial charge on any atom is 0.258 e. The van der Waals surface area contributed by atoms with Gasteiger partial charge in [0, 0.05) is 23.9 Å². The summed E-state index contributed by atoms with van der Waals surface area (Å²) in [5, 5.41) is 0. The summed E-state index contributed by atoms with van der Waals surface area (Å²) < 4.78 is 25.2. The molecule has 0 saturated heterocycles. The SMILES string of the molecule is CN(C(=O)c1cccc(CS(=O)(=O)c2ccccc2)c1)c1ccc(C(N)=O)cc1. The zero-order valence-corrected chi connectivity index (χ0v) is 16.6. The number of carbonyl (C=O) groups is 2. The van der Waals surface area contributed by atoms with Gasteiger partial charge in [-0.3, -0.25) is 9.59 Å². The first-order chi connectivity index (χ1) is 13.8. The molecule has 3 rings (SSSR count). The highest BCUT2D eigenvalue weighted by atomic mass is 32.2. The van der Waals surface area contributed by atoms with Crippen molar-refractivity contribution in [2.24, 2.45) is 5.73 Å². The lowest BCUT2D eigenvalue weighted by molar-refractivity contribution is 0.0989. The second-order valence-electron chi connectivity index (χ2n) is 6.55. The van der Waals surface area contributed by atoms with E-state index >= 15 is 0 Å². The molecule has 0 atom stereocenters. The fraction of sp³-hybridized carbons (Fsp3) is 0.0909. The van der Waals surface area contributed by atoms with E-state index in [4.69, 9.17) is 5.73 Å². The van der Waals surface area contributed by atoms with Crippen LogP contribution in [-0.4, -0.2) is 27.3 Å². The molecule has 0 heterocycles. The molecule has 0 radical (unpaired) electrons. The monoisotopic (exact) mass is 408 g/mol. The van der Waals surface area contributed by atoms with Gasteiger partial charge in [0.25, 0.3) is 5.91 Å². The predicted molar refractivity (Wildman–Crippen MR) is 111 cm³/mol. The lowest BCUT2D eigenvalue weighted by Crippen LogP contribution is -2.26. The Morgan fingerprint density at radius 2 is 1.52 bits per heavy atom. The van der Waals surface area contributed by atoms with Gasteiger partial charge in [-0.05, 0) is 54.1 Å². The molecule has 0 aliphatic rings. The number of rotatable bonds is 6. The lowest BCUT2D eigenvalue weighted by Gasteiger charge is -2.18. The normalized spacial score (nSPS) is 11.1. The van der Waals surface area contributed by atoms with Crippen LogP contribution in [0.2, 0.25) is 0 Å². The van der Waals surface area contributed by atoms with Crippen LogP contribution in [0.4, 0.5) is 5.69 Å². The molecular weight excluding hydrogens is 388 g/mol. The van der Waals surface area contributed by atoms with Crippen LogP contribution in [-0.2, 0) is 15.6 Å². The molecular formula is C22H20N2O4S. The topological polar surface area (TPSA) is 97.5 Å². The van der Waals surface area contributed by atoms with E-state index in [1.165, 1.54) is 4.90 Å². The summed E-state index contributed by atoms with van der Waals surface area (Å²) in [6.45, 7) is 0. The van der Waals surface area contributed by atoms with Crippen LogP contribution in [0.1, 0.15) is 26.3 Å². The Morgan fingerprint density at radius 1 is 0.862 bits per heavy atom. The van der Waals surface area contributed by atoms with Crippen molar-refractivity contribution in [3.8, 4) is 0 Å². The number of hydrogen-bond donors (Lipinski definition) is 1.